The molecule has 3 rings (SSSR count). The summed E-state index contributed by atoms with van der Waals surface area (Å²) in [6, 6.07) is 17.4. The van der Waals surface area contributed by atoms with Crippen molar-refractivity contribution in [3.63, 3.8) is 0 Å². The van der Waals surface area contributed by atoms with E-state index in [9.17, 15) is 4.79 Å². The maximum absolute atomic E-state index is 12.2. The molecule has 3 aromatic rings. The second-order valence-corrected chi connectivity index (χ2v) is 7.05. The Morgan fingerprint density at radius 1 is 1.07 bits per heavy atom. The third-order valence-corrected chi connectivity index (χ3v) is 4.70. The summed E-state index contributed by atoms with van der Waals surface area (Å²) >= 11 is 1.32. The van der Waals surface area contributed by atoms with Gasteiger partial charge in [-0.2, -0.15) is 0 Å². The van der Waals surface area contributed by atoms with Crippen molar-refractivity contribution in [2.75, 3.05) is 18.2 Å². The lowest BCUT2D eigenvalue weighted by Gasteiger charge is -2.08. The molecule has 0 aliphatic carbocycles. The monoisotopic (exact) mass is 379 g/mol. The highest BCUT2D eigenvalue weighted by molar-refractivity contribution is 7.99. The van der Waals surface area contributed by atoms with E-state index in [2.05, 4.69) is 15.3 Å². The summed E-state index contributed by atoms with van der Waals surface area (Å²) in [5, 5.41) is 3.48. The Balaban J connectivity index is 1.67. The third kappa shape index (κ3) is 5.31. The van der Waals surface area contributed by atoms with E-state index in [0.717, 1.165) is 34.0 Å². The zero-order valence-electron chi connectivity index (χ0n) is 15.5. The number of rotatable bonds is 6. The molecule has 2 aromatic carbocycles. The van der Waals surface area contributed by atoms with Crippen LogP contribution in [0, 0.1) is 13.8 Å². The van der Waals surface area contributed by atoms with Gasteiger partial charge in [0.2, 0.25) is 5.91 Å². The SMILES string of the molecule is COc1ccc(-c2cc(C)nc(SCC(=O)Nc3cccc(C)c3)n2)cc1. The topological polar surface area (TPSA) is 64.1 Å². The standard InChI is InChI=1S/C21H21N3O2S/c1-14-5-4-6-17(11-14)23-20(25)13-27-21-22-15(2)12-19(24-21)16-7-9-18(26-3)10-8-16/h4-12H,13H2,1-3H3,(H,23,25). The largest absolute Gasteiger partial charge is 0.497 e. The average molecular weight is 379 g/mol. The zero-order valence-corrected chi connectivity index (χ0v) is 16.3. The number of nitrogens with one attached hydrogen (secondary N) is 1. The minimum atomic E-state index is -0.0818. The van der Waals surface area contributed by atoms with Crippen LogP contribution in [0.1, 0.15) is 11.3 Å². The fraction of sp³-hybridized carbons (Fsp3) is 0.190. The molecule has 5 nitrogen and oxygen atoms in total. The molecule has 0 spiro atoms. The smallest absolute Gasteiger partial charge is 0.234 e. The molecule has 0 saturated heterocycles. The predicted molar refractivity (Wildman–Crippen MR) is 109 cm³/mol. The first-order valence-corrected chi connectivity index (χ1v) is 9.51. The van der Waals surface area contributed by atoms with Gasteiger partial charge < -0.3 is 10.1 Å². The van der Waals surface area contributed by atoms with Gasteiger partial charge in [-0.15, -0.1) is 0 Å². The van der Waals surface area contributed by atoms with Crippen LogP contribution in [0.3, 0.4) is 0 Å². The van der Waals surface area contributed by atoms with Crippen molar-refractivity contribution < 1.29 is 9.53 Å². The van der Waals surface area contributed by atoms with Gasteiger partial charge in [-0.1, -0.05) is 23.9 Å². The Hall–Kier alpha value is -2.86. The van der Waals surface area contributed by atoms with Crippen LogP contribution in [0.15, 0.2) is 59.8 Å². The lowest BCUT2D eigenvalue weighted by atomic mass is 10.1. The van der Waals surface area contributed by atoms with Crippen LogP contribution in [-0.4, -0.2) is 28.7 Å². The highest BCUT2D eigenvalue weighted by Crippen LogP contribution is 2.24. The molecule has 6 heteroatoms. The normalized spacial score (nSPS) is 10.5. The maximum Gasteiger partial charge on any atom is 0.234 e. The summed E-state index contributed by atoms with van der Waals surface area (Å²) in [5.41, 5.74) is 4.56. The number of aromatic nitrogens is 2. The van der Waals surface area contributed by atoms with Crippen molar-refractivity contribution in [1.29, 1.82) is 0 Å². The summed E-state index contributed by atoms with van der Waals surface area (Å²) < 4.78 is 5.19. The lowest BCUT2D eigenvalue weighted by Crippen LogP contribution is -2.14. The summed E-state index contributed by atoms with van der Waals surface area (Å²) in [5.74, 6) is 0.966. The highest BCUT2D eigenvalue weighted by atomic mass is 32.2. The summed E-state index contributed by atoms with van der Waals surface area (Å²) in [6.45, 7) is 3.91. The molecule has 0 aliphatic heterocycles. The third-order valence-electron chi connectivity index (χ3n) is 3.85. The van der Waals surface area contributed by atoms with Gasteiger partial charge in [0.05, 0.1) is 18.6 Å². The number of carbonyl (C=O) groups is 1. The van der Waals surface area contributed by atoms with Crippen molar-refractivity contribution in [3.8, 4) is 17.0 Å². The highest BCUT2D eigenvalue weighted by Gasteiger charge is 2.09. The quantitative estimate of drug-likeness (QED) is 0.505. The van der Waals surface area contributed by atoms with Gasteiger partial charge in [0.1, 0.15) is 5.75 Å². The van der Waals surface area contributed by atoms with Gasteiger partial charge in [0, 0.05) is 16.9 Å². The van der Waals surface area contributed by atoms with Gasteiger partial charge in [0.15, 0.2) is 5.16 Å². The Morgan fingerprint density at radius 3 is 2.56 bits per heavy atom. The summed E-state index contributed by atoms with van der Waals surface area (Å²) in [7, 11) is 1.64. The molecule has 1 N–H and O–H groups in total. The molecule has 138 valence electrons. The van der Waals surface area contributed by atoms with Gasteiger partial charge in [-0.25, -0.2) is 9.97 Å². The molecule has 0 aliphatic rings. The number of aryl methyl sites for hydroxylation is 2. The number of thioether (sulfide) groups is 1. The fourth-order valence-electron chi connectivity index (χ4n) is 2.57. The molecular weight excluding hydrogens is 358 g/mol. The first-order chi connectivity index (χ1) is 13.0. The number of hydrogen-bond acceptors (Lipinski definition) is 5. The number of methoxy groups -OCH3 is 1. The Labute approximate surface area is 163 Å². The Bertz CT molecular complexity index is 942. The van der Waals surface area contributed by atoms with Crippen molar-refractivity contribution >= 4 is 23.4 Å². The predicted octanol–water partition coefficient (Wildman–Crippen LogP) is 4.50. The van der Waals surface area contributed by atoms with E-state index in [-0.39, 0.29) is 11.7 Å². The first kappa shape index (κ1) is 18.9. The molecule has 1 heterocycles. The maximum atomic E-state index is 12.2. The minimum absolute atomic E-state index is 0.0818. The first-order valence-electron chi connectivity index (χ1n) is 8.53. The Morgan fingerprint density at radius 2 is 1.85 bits per heavy atom. The van der Waals surface area contributed by atoms with Crippen molar-refractivity contribution in [3.05, 3.63) is 65.9 Å². The van der Waals surface area contributed by atoms with Crippen LogP contribution in [0.2, 0.25) is 0 Å². The van der Waals surface area contributed by atoms with E-state index in [1.807, 2.05) is 68.4 Å². The van der Waals surface area contributed by atoms with Gasteiger partial charge >= 0.3 is 0 Å². The lowest BCUT2D eigenvalue weighted by molar-refractivity contribution is -0.113. The van der Waals surface area contributed by atoms with Gasteiger partial charge in [-0.05, 0) is 61.9 Å². The average Bonchev–Trinajstić information content (AvgIpc) is 2.66. The zero-order chi connectivity index (χ0) is 19.2. The number of hydrogen-bond donors (Lipinski definition) is 1. The van der Waals surface area contributed by atoms with Crippen molar-refractivity contribution in [2.24, 2.45) is 0 Å². The second kappa shape index (κ2) is 8.68. The van der Waals surface area contributed by atoms with Crippen molar-refractivity contribution in [2.45, 2.75) is 19.0 Å². The van der Waals surface area contributed by atoms with Crippen LogP contribution >= 0.6 is 11.8 Å². The fourth-order valence-corrected chi connectivity index (χ4v) is 3.27. The molecule has 0 atom stereocenters. The van der Waals surface area contributed by atoms with E-state index >= 15 is 0 Å². The molecular formula is C21H21N3O2S. The Kier molecular flexibility index (Phi) is 6.08. The van der Waals surface area contributed by atoms with Gasteiger partial charge in [0.25, 0.3) is 0 Å². The van der Waals surface area contributed by atoms with Crippen molar-refractivity contribution in [1.82, 2.24) is 9.97 Å². The molecule has 0 saturated carbocycles. The van der Waals surface area contributed by atoms with Crippen LogP contribution in [0.25, 0.3) is 11.3 Å². The van der Waals surface area contributed by atoms with Crippen LogP contribution < -0.4 is 10.1 Å². The number of nitrogens with zero attached hydrogens (tertiary/aromatic N) is 2. The van der Waals surface area contributed by atoms with Crippen LogP contribution in [-0.2, 0) is 4.79 Å². The number of ether oxygens (including phenoxy) is 1. The second-order valence-electron chi connectivity index (χ2n) is 6.11. The molecule has 0 fully saturated rings. The van der Waals surface area contributed by atoms with E-state index in [0.29, 0.717) is 5.16 Å². The molecule has 1 aromatic heterocycles. The number of amides is 1. The van der Waals surface area contributed by atoms with E-state index in [4.69, 9.17) is 4.74 Å². The molecule has 0 bridgehead atoms. The summed E-state index contributed by atoms with van der Waals surface area (Å²) in [6.07, 6.45) is 0. The summed E-state index contributed by atoms with van der Waals surface area (Å²) in [4.78, 5) is 21.2. The molecule has 0 unspecified atom stereocenters. The van der Waals surface area contributed by atoms with E-state index < -0.39 is 0 Å². The molecule has 1 amide bonds. The van der Waals surface area contributed by atoms with Crippen LogP contribution in [0.4, 0.5) is 5.69 Å². The number of anilines is 1. The number of benzene rings is 2. The van der Waals surface area contributed by atoms with E-state index in [1.54, 1.807) is 7.11 Å². The molecule has 0 radical (unpaired) electrons. The number of carbonyl (C=O) groups excluding carboxylic acids is 1. The van der Waals surface area contributed by atoms with Gasteiger partial charge in [-0.3, -0.25) is 4.79 Å². The van der Waals surface area contributed by atoms with Crippen LogP contribution in [0.5, 0.6) is 5.75 Å². The minimum Gasteiger partial charge on any atom is -0.497 e. The van der Waals surface area contributed by atoms with E-state index in [1.165, 1.54) is 11.8 Å². The molecule has 27 heavy (non-hydrogen) atoms.